The molecule has 0 bridgehead atoms. The minimum atomic E-state index is -3.26. The highest BCUT2D eigenvalue weighted by atomic mass is 32.2. The van der Waals surface area contributed by atoms with Gasteiger partial charge in [-0.15, -0.1) is 11.3 Å². The molecular formula is C14H24N4O2S2. The molecule has 1 aromatic rings. The van der Waals surface area contributed by atoms with Gasteiger partial charge in [-0.2, -0.15) is 17.0 Å². The molecule has 0 N–H and O–H groups in total. The second-order valence-electron chi connectivity index (χ2n) is 5.96. The Kier molecular flexibility index (Phi) is 5.46. The Morgan fingerprint density at radius 2 is 1.59 bits per heavy atom. The Balaban J connectivity index is 1.55. The van der Waals surface area contributed by atoms with Crippen molar-refractivity contribution < 1.29 is 8.42 Å². The van der Waals surface area contributed by atoms with Crippen LogP contribution in [-0.2, 0) is 16.8 Å². The van der Waals surface area contributed by atoms with E-state index < -0.39 is 10.2 Å². The average molecular weight is 345 g/mol. The van der Waals surface area contributed by atoms with Crippen LogP contribution in [0.2, 0.25) is 0 Å². The summed E-state index contributed by atoms with van der Waals surface area (Å²) in [5.41, 5.74) is 1.84. The van der Waals surface area contributed by atoms with Gasteiger partial charge < -0.3 is 0 Å². The van der Waals surface area contributed by atoms with Crippen LogP contribution in [0.4, 0.5) is 0 Å². The molecule has 2 saturated heterocycles. The van der Waals surface area contributed by atoms with Crippen LogP contribution in [0.25, 0.3) is 0 Å². The highest BCUT2D eigenvalue weighted by Crippen LogP contribution is 2.19. The van der Waals surface area contributed by atoms with E-state index >= 15 is 0 Å². The van der Waals surface area contributed by atoms with Gasteiger partial charge in [0.05, 0.1) is 5.51 Å². The number of hydrogen-bond acceptors (Lipinski definition) is 5. The number of aromatic nitrogens is 1. The lowest BCUT2D eigenvalue weighted by Crippen LogP contribution is -2.52. The highest BCUT2D eigenvalue weighted by Gasteiger charge is 2.32. The molecule has 0 saturated carbocycles. The van der Waals surface area contributed by atoms with Crippen molar-refractivity contribution in [2.75, 3.05) is 39.3 Å². The van der Waals surface area contributed by atoms with Gasteiger partial charge in [0, 0.05) is 56.9 Å². The number of piperazine rings is 1. The predicted molar refractivity (Wildman–Crippen MR) is 87.9 cm³/mol. The van der Waals surface area contributed by atoms with E-state index in [1.165, 1.54) is 4.88 Å². The Morgan fingerprint density at radius 1 is 0.955 bits per heavy atom. The number of rotatable bonds is 4. The summed E-state index contributed by atoms with van der Waals surface area (Å²) in [5, 5.41) is 0. The molecule has 0 spiro atoms. The highest BCUT2D eigenvalue weighted by molar-refractivity contribution is 7.86. The van der Waals surface area contributed by atoms with Crippen molar-refractivity contribution in [3.63, 3.8) is 0 Å². The molecule has 0 unspecified atom stereocenters. The molecular weight excluding hydrogens is 320 g/mol. The third kappa shape index (κ3) is 3.86. The number of nitrogens with zero attached hydrogens (tertiary/aromatic N) is 4. The molecule has 0 amide bonds. The van der Waals surface area contributed by atoms with Crippen LogP contribution >= 0.6 is 11.3 Å². The van der Waals surface area contributed by atoms with Crippen molar-refractivity contribution in [2.24, 2.45) is 0 Å². The first-order chi connectivity index (χ1) is 10.7. The van der Waals surface area contributed by atoms with Crippen molar-refractivity contribution in [1.82, 2.24) is 18.5 Å². The minimum Gasteiger partial charge on any atom is -0.296 e. The van der Waals surface area contributed by atoms with Gasteiger partial charge in [0.2, 0.25) is 0 Å². The molecule has 0 radical (unpaired) electrons. The van der Waals surface area contributed by atoms with Gasteiger partial charge in [0.15, 0.2) is 0 Å². The van der Waals surface area contributed by atoms with Crippen LogP contribution in [0, 0.1) is 0 Å². The van der Waals surface area contributed by atoms with Crippen molar-refractivity contribution in [3.8, 4) is 0 Å². The molecule has 8 heteroatoms. The SMILES string of the molecule is O=S(=O)(N1CCCCCC1)N1CCN(Cc2cncs2)CC1. The second kappa shape index (κ2) is 7.35. The smallest absolute Gasteiger partial charge is 0.282 e. The molecule has 6 nitrogen and oxygen atoms in total. The topological polar surface area (TPSA) is 56.8 Å². The first kappa shape index (κ1) is 16.3. The van der Waals surface area contributed by atoms with Crippen LogP contribution in [-0.4, -0.2) is 66.2 Å². The fourth-order valence-electron chi connectivity index (χ4n) is 3.09. The molecule has 2 fully saturated rings. The Labute approximate surface area is 136 Å². The molecule has 22 heavy (non-hydrogen) atoms. The van der Waals surface area contributed by atoms with Gasteiger partial charge in [-0.25, -0.2) is 0 Å². The Hall–Kier alpha value is -0.540. The number of hydrogen-bond donors (Lipinski definition) is 0. The second-order valence-corrected chi connectivity index (χ2v) is 8.86. The third-order valence-electron chi connectivity index (χ3n) is 4.41. The van der Waals surface area contributed by atoms with E-state index in [4.69, 9.17) is 0 Å². The van der Waals surface area contributed by atoms with E-state index in [0.29, 0.717) is 26.2 Å². The van der Waals surface area contributed by atoms with Crippen LogP contribution in [0.1, 0.15) is 30.6 Å². The average Bonchev–Trinajstić information content (AvgIpc) is 2.87. The lowest BCUT2D eigenvalue weighted by atomic mass is 10.2. The van der Waals surface area contributed by atoms with E-state index in [2.05, 4.69) is 9.88 Å². The van der Waals surface area contributed by atoms with Crippen molar-refractivity contribution in [3.05, 3.63) is 16.6 Å². The van der Waals surface area contributed by atoms with Crippen LogP contribution in [0.15, 0.2) is 11.7 Å². The van der Waals surface area contributed by atoms with Gasteiger partial charge in [-0.3, -0.25) is 9.88 Å². The molecule has 0 aromatic carbocycles. The first-order valence-corrected chi connectivity index (χ1v) is 10.3. The maximum absolute atomic E-state index is 12.7. The van der Waals surface area contributed by atoms with E-state index in [-0.39, 0.29) is 0 Å². The van der Waals surface area contributed by atoms with Crippen LogP contribution < -0.4 is 0 Å². The first-order valence-electron chi connectivity index (χ1n) is 8.01. The van der Waals surface area contributed by atoms with Gasteiger partial charge >= 0.3 is 0 Å². The predicted octanol–water partition coefficient (Wildman–Crippen LogP) is 1.38. The van der Waals surface area contributed by atoms with Crippen LogP contribution in [0.3, 0.4) is 0 Å². The standard InChI is InChI=1S/C14H24N4O2S2/c19-22(20,17-5-3-1-2-4-6-17)18-9-7-16(8-10-18)12-14-11-15-13-21-14/h11,13H,1-10,12H2. The molecule has 124 valence electrons. The summed E-state index contributed by atoms with van der Waals surface area (Å²) in [6.07, 6.45) is 6.17. The van der Waals surface area contributed by atoms with Crippen LogP contribution in [0.5, 0.6) is 0 Å². The van der Waals surface area contributed by atoms with Gasteiger partial charge in [0.25, 0.3) is 10.2 Å². The minimum absolute atomic E-state index is 0.595. The Morgan fingerprint density at radius 3 is 2.18 bits per heavy atom. The summed E-state index contributed by atoms with van der Waals surface area (Å²) < 4.78 is 28.8. The quantitative estimate of drug-likeness (QED) is 0.828. The van der Waals surface area contributed by atoms with E-state index in [9.17, 15) is 8.42 Å². The summed E-state index contributed by atoms with van der Waals surface area (Å²) in [5.74, 6) is 0. The summed E-state index contributed by atoms with van der Waals surface area (Å²) >= 11 is 1.66. The summed E-state index contributed by atoms with van der Waals surface area (Å²) in [6, 6.07) is 0. The van der Waals surface area contributed by atoms with Gasteiger partial charge in [-0.05, 0) is 12.8 Å². The maximum Gasteiger partial charge on any atom is 0.282 e. The van der Waals surface area contributed by atoms with E-state index in [1.54, 1.807) is 19.9 Å². The zero-order chi connectivity index (χ0) is 15.4. The van der Waals surface area contributed by atoms with E-state index in [1.807, 2.05) is 11.7 Å². The monoisotopic (exact) mass is 344 g/mol. The molecule has 0 atom stereocenters. The van der Waals surface area contributed by atoms with Crippen molar-refractivity contribution in [1.29, 1.82) is 0 Å². The molecule has 2 aliphatic rings. The summed E-state index contributed by atoms with van der Waals surface area (Å²) in [4.78, 5) is 7.64. The van der Waals surface area contributed by atoms with Gasteiger partial charge in [0.1, 0.15) is 0 Å². The lowest BCUT2D eigenvalue weighted by Gasteiger charge is -2.36. The van der Waals surface area contributed by atoms with Gasteiger partial charge in [-0.1, -0.05) is 12.8 Å². The molecule has 3 heterocycles. The fraction of sp³-hybridized carbons (Fsp3) is 0.786. The maximum atomic E-state index is 12.7. The van der Waals surface area contributed by atoms with Crippen molar-refractivity contribution in [2.45, 2.75) is 32.2 Å². The summed E-state index contributed by atoms with van der Waals surface area (Å²) in [7, 11) is -3.26. The largest absolute Gasteiger partial charge is 0.296 e. The lowest BCUT2D eigenvalue weighted by molar-refractivity contribution is 0.176. The zero-order valence-corrected chi connectivity index (χ0v) is 14.5. The number of thiazole rings is 1. The normalized spacial score (nSPS) is 23.5. The molecule has 3 rings (SSSR count). The molecule has 0 aliphatic carbocycles. The third-order valence-corrected chi connectivity index (χ3v) is 7.21. The fourth-order valence-corrected chi connectivity index (χ4v) is 5.40. The summed E-state index contributed by atoms with van der Waals surface area (Å²) in [6.45, 7) is 5.03. The zero-order valence-electron chi connectivity index (χ0n) is 12.9. The van der Waals surface area contributed by atoms with Crippen molar-refractivity contribution >= 4 is 21.5 Å². The molecule has 2 aliphatic heterocycles. The van der Waals surface area contributed by atoms with E-state index in [0.717, 1.165) is 45.3 Å². The molecule has 1 aromatic heterocycles. The Bertz CT molecular complexity index is 545.